The quantitative estimate of drug-likeness (QED) is 0.802. The monoisotopic (exact) mass is 221 g/mol. The highest BCUT2D eigenvalue weighted by Crippen LogP contribution is 2.20. The summed E-state index contributed by atoms with van der Waals surface area (Å²) in [5.41, 5.74) is 6.58. The molecule has 2 aromatic rings. The van der Waals surface area contributed by atoms with E-state index in [0.717, 1.165) is 10.2 Å². The number of aromatic nitrogens is 2. The van der Waals surface area contributed by atoms with Crippen molar-refractivity contribution in [3.63, 3.8) is 0 Å². The number of amides is 1. The van der Waals surface area contributed by atoms with Gasteiger partial charge in [0.15, 0.2) is 0 Å². The Morgan fingerprint density at radius 1 is 1.40 bits per heavy atom. The van der Waals surface area contributed by atoms with Gasteiger partial charge in [-0.15, -0.1) is 0 Å². The number of halogens is 1. The van der Waals surface area contributed by atoms with Crippen LogP contribution in [-0.2, 0) is 0 Å². The van der Waals surface area contributed by atoms with E-state index in [1.54, 1.807) is 18.2 Å². The fourth-order valence-corrected chi connectivity index (χ4v) is 1.44. The van der Waals surface area contributed by atoms with Gasteiger partial charge in [-0.25, -0.2) is 4.79 Å². The molecule has 0 spiro atoms. The number of nitrogens with zero attached hydrogens (tertiary/aromatic N) is 2. The third-order valence-electron chi connectivity index (χ3n) is 1.94. The van der Waals surface area contributed by atoms with Crippen LogP contribution in [0.15, 0.2) is 36.5 Å². The molecule has 0 atom stereocenters. The van der Waals surface area contributed by atoms with Crippen LogP contribution in [0.1, 0.15) is 0 Å². The summed E-state index contributed by atoms with van der Waals surface area (Å²) in [6, 6.07) is 8.32. The second-order valence-electron chi connectivity index (χ2n) is 2.99. The van der Waals surface area contributed by atoms with Crippen molar-refractivity contribution in [1.82, 2.24) is 9.78 Å². The Balaban J connectivity index is 2.41. The van der Waals surface area contributed by atoms with E-state index in [1.807, 2.05) is 12.1 Å². The predicted octanol–water partition coefficient (Wildman–Crippen LogP) is 2.13. The molecule has 0 unspecified atom stereocenters. The molecule has 1 aromatic carbocycles. The van der Waals surface area contributed by atoms with Crippen molar-refractivity contribution < 1.29 is 4.79 Å². The van der Waals surface area contributed by atoms with Crippen molar-refractivity contribution in [2.45, 2.75) is 0 Å². The Bertz CT molecular complexity index is 507. The molecule has 0 aliphatic rings. The molecule has 0 aliphatic carbocycles. The van der Waals surface area contributed by atoms with Gasteiger partial charge in [-0.05, 0) is 18.2 Å². The standard InChI is InChI=1S/C10H8ClN3O/c11-8-3-1-2-7(6-8)9-4-5-14(13-9)10(12)15/h1-6H,(H2,12,15). The number of carbonyl (C=O) groups is 1. The van der Waals surface area contributed by atoms with Crippen LogP contribution < -0.4 is 5.73 Å². The molecule has 4 nitrogen and oxygen atoms in total. The molecular formula is C10H8ClN3O. The summed E-state index contributed by atoms with van der Waals surface area (Å²) in [4.78, 5) is 10.8. The fraction of sp³-hybridized carbons (Fsp3) is 0. The largest absolute Gasteiger partial charge is 0.350 e. The number of hydrogen-bond donors (Lipinski definition) is 1. The van der Waals surface area contributed by atoms with Crippen LogP contribution in [0, 0.1) is 0 Å². The van der Waals surface area contributed by atoms with Crippen molar-refractivity contribution in [2.24, 2.45) is 5.73 Å². The fourth-order valence-electron chi connectivity index (χ4n) is 1.25. The number of rotatable bonds is 1. The minimum Gasteiger partial charge on any atom is -0.350 e. The minimum absolute atomic E-state index is 0.608. The molecule has 0 saturated heterocycles. The Labute approximate surface area is 91.3 Å². The summed E-state index contributed by atoms with van der Waals surface area (Å²) in [5, 5.41) is 4.63. The van der Waals surface area contributed by atoms with Crippen LogP contribution >= 0.6 is 11.6 Å². The van der Waals surface area contributed by atoms with Crippen molar-refractivity contribution in [3.8, 4) is 11.3 Å². The first-order valence-corrected chi connectivity index (χ1v) is 4.66. The van der Waals surface area contributed by atoms with Crippen LogP contribution in [0.4, 0.5) is 4.79 Å². The van der Waals surface area contributed by atoms with Crippen LogP contribution in [0.5, 0.6) is 0 Å². The van der Waals surface area contributed by atoms with Crippen molar-refractivity contribution >= 4 is 17.6 Å². The number of primary amides is 1. The topological polar surface area (TPSA) is 60.9 Å². The van der Waals surface area contributed by atoms with Gasteiger partial charge in [0.1, 0.15) is 0 Å². The highest BCUT2D eigenvalue weighted by atomic mass is 35.5. The molecule has 76 valence electrons. The summed E-state index contributed by atoms with van der Waals surface area (Å²) in [6.45, 7) is 0. The summed E-state index contributed by atoms with van der Waals surface area (Å²) in [5.74, 6) is 0. The Morgan fingerprint density at radius 3 is 2.80 bits per heavy atom. The zero-order chi connectivity index (χ0) is 10.8. The second kappa shape index (κ2) is 3.74. The molecule has 1 amide bonds. The maximum Gasteiger partial charge on any atom is 0.339 e. The van der Waals surface area contributed by atoms with Gasteiger partial charge in [0.25, 0.3) is 0 Å². The van der Waals surface area contributed by atoms with E-state index in [4.69, 9.17) is 17.3 Å². The number of nitrogens with two attached hydrogens (primary N) is 1. The van der Waals surface area contributed by atoms with Gasteiger partial charge in [0.05, 0.1) is 5.69 Å². The van der Waals surface area contributed by atoms with E-state index in [1.165, 1.54) is 6.20 Å². The number of benzene rings is 1. The van der Waals surface area contributed by atoms with Gasteiger partial charge >= 0.3 is 6.03 Å². The third-order valence-corrected chi connectivity index (χ3v) is 2.17. The van der Waals surface area contributed by atoms with E-state index < -0.39 is 6.03 Å². The molecule has 0 fully saturated rings. The lowest BCUT2D eigenvalue weighted by molar-refractivity contribution is 0.248. The molecule has 0 saturated carbocycles. The molecule has 1 aromatic heterocycles. The van der Waals surface area contributed by atoms with Gasteiger partial charge in [0.2, 0.25) is 0 Å². The lowest BCUT2D eigenvalue weighted by atomic mass is 10.2. The summed E-state index contributed by atoms with van der Waals surface area (Å²) in [7, 11) is 0. The van der Waals surface area contributed by atoms with E-state index in [9.17, 15) is 4.79 Å². The Morgan fingerprint density at radius 2 is 2.20 bits per heavy atom. The van der Waals surface area contributed by atoms with Gasteiger partial charge in [-0.1, -0.05) is 23.7 Å². The zero-order valence-electron chi connectivity index (χ0n) is 7.72. The molecule has 2 rings (SSSR count). The minimum atomic E-state index is -0.608. The normalized spacial score (nSPS) is 10.2. The molecule has 0 radical (unpaired) electrons. The zero-order valence-corrected chi connectivity index (χ0v) is 8.48. The van der Waals surface area contributed by atoms with Gasteiger partial charge in [-0.3, -0.25) is 0 Å². The maximum absolute atomic E-state index is 10.8. The van der Waals surface area contributed by atoms with Crippen molar-refractivity contribution in [1.29, 1.82) is 0 Å². The highest BCUT2D eigenvalue weighted by Gasteiger charge is 2.05. The van der Waals surface area contributed by atoms with E-state index in [-0.39, 0.29) is 0 Å². The summed E-state index contributed by atoms with van der Waals surface area (Å²) in [6.07, 6.45) is 1.51. The third kappa shape index (κ3) is 1.99. The number of hydrogen-bond acceptors (Lipinski definition) is 2. The maximum atomic E-state index is 10.8. The molecule has 0 aliphatic heterocycles. The molecular weight excluding hydrogens is 214 g/mol. The van der Waals surface area contributed by atoms with Crippen LogP contribution in [0.2, 0.25) is 5.02 Å². The average Bonchev–Trinajstić information content (AvgIpc) is 2.66. The second-order valence-corrected chi connectivity index (χ2v) is 3.43. The predicted molar refractivity (Wildman–Crippen MR) is 57.7 cm³/mol. The average molecular weight is 222 g/mol. The van der Waals surface area contributed by atoms with Gasteiger partial charge < -0.3 is 5.73 Å². The van der Waals surface area contributed by atoms with Gasteiger partial charge in [-0.2, -0.15) is 9.78 Å². The molecule has 5 heteroatoms. The smallest absolute Gasteiger partial charge is 0.339 e. The van der Waals surface area contributed by atoms with Gasteiger partial charge in [0, 0.05) is 16.8 Å². The molecule has 1 heterocycles. The van der Waals surface area contributed by atoms with Crippen LogP contribution in [0.3, 0.4) is 0 Å². The van der Waals surface area contributed by atoms with Crippen molar-refractivity contribution in [3.05, 3.63) is 41.6 Å². The first-order chi connectivity index (χ1) is 7.16. The Kier molecular flexibility index (Phi) is 2.43. The van der Waals surface area contributed by atoms with Crippen LogP contribution in [0.25, 0.3) is 11.3 Å². The lowest BCUT2D eigenvalue weighted by Crippen LogP contribution is -2.19. The van der Waals surface area contributed by atoms with E-state index in [0.29, 0.717) is 10.7 Å². The molecule has 0 bridgehead atoms. The van der Waals surface area contributed by atoms with E-state index >= 15 is 0 Å². The van der Waals surface area contributed by atoms with Crippen LogP contribution in [-0.4, -0.2) is 15.8 Å². The van der Waals surface area contributed by atoms with E-state index in [2.05, 4.69) is 5.10 Å². The highest BCUT2D eigenvalue weighted by molar-refractivity contribution is 6.30. The lowest BCUT2D eigenvalue weighted by Gasteiger charge is -1.96. The SMILES string of the molecule is NC(=O)n1ccc(-c2cccc(Cl)c2)n1. The number of carbonyl (C=O) groups excluding carboxylic acids is 1. The Hall–Kier alpha value is -1.81. The van der Waals surface area contributed by atoms with Crippen molar-refractivity contribution in [2.75, 3.05) is 0 Å². The molecule has 15 heavy (non-hydrogen) atoms. The first kappa shape index (κ1) is 9.73. The molecule has 2 N–H and O–H groups in total. The summed E-state index contributed by atoms with van der Waals surface area (Å²) >= 11 is 5.84. The summed E-state index contributed by atoms with van der Waals surface area (Å²) < 4.78 is 1.08. The first-order valence-electron chi connectivity index (χ1n) is 4.28.